The van der Waals surface area contributed by atoms with Crippen LogP contribution < -0.4 is 10.6 Å². The van der Waals surface area contributed by atoms with Crippen LogP contribution in [0, 0.1) is 6.92 Å². The van der Waals surface area contributed by atoms with Crippen LogP contribution in [0.1, 0.15) is 29.2 Å². The minimum absolute atomic E-state index is 0.0779. The number of urea groups is 1. The number of aromatic nitrogens is 2. The zero-order valence-electron chi connectivity index (χ0n) is 12.9. The normalized spacial score (nSPS) is 16.3. The largest absolute Gasteiger partial charge is 0.331 e. The molecule has 1 aromatic heterocycles. The number of carbonyl (C=O) groups is 1. The molecule has 0 radical (unpaired) electrons. The molecule has 1 unspecified atom stereocenters. The standard InChI is InChI=1S/C18H18N4O/c1-11-5-7-13-12(9-11)6-8-16(13)21-18(23)20-15-3-2-4-17-14(15)10-19-22-17/h2-5,7,9-10,16H,6,8H2,1H3,(H,19,22)(H2,20,21,23). The van der Waals surface area contributed by atoms with E-state index in [0.717, 1.165) is 29.4 Å². The number of hydrogen-bond acceptors (Lipinski definition) is 2. The average Bonchev–Trinajstić information content (AvgIpc) is 3.15. The smallest absolute Gasteiger partial charge is 0.319 e. The van der Waals surface area contributed by atoms with Gasteiger partial charge in [0.25, 0.3) is 0 Å². The Bertz CT molecular complexity index is 884. The summed E-state index contributed by atoms with van der Waals surface area (Å²) in [7, 11) is 0. The van der Waals surface area contributed by atoms with E-state index >= 15 is 0 Å². The third-order valence-electron chi connectivity index (χ3n) is 4.41. The number of hydrogen-bond donors (Lipinski definition) is 3. The molecule has 23 heavy (non-hydrogen) atoms. The van der Waals surface area contributed by atoms with Crippen molar-refractivity contribution in [2.45, 2.75) is 25.8 Å². The van der Waals surface area contributed by atoms with Gasteiger partial charge in [0.05, 0.1) is 23.4 Å². The highest BCUT2D eigenvalue weighted by molar-refractivity contribution is 6.00. The first kappa shape index (κ1) is 13.8. The number of nitrogens with zero attached hydrogens (tertiary/aromatic N) is 1. The third-order valence-corrected chi connectivity index (χ3v) is 4.41. The Kier molecular flexibility index (Phi) is 3.26. The predicted molar refractivity (Wildman–Crippen MR) is 90.5 cm³/mol. The lowest BCUT2D eigenvalue weighted by Gasteiger charge is -2.15. The summed E-state index contributed by atoms with van der Waals surface area (Å²) in [5.41, 5.74) is 5.50. The number of fused-ring (bicyclic) bond motifs is 2. The van der Waals surface area contributed by atoms with Crippen molar-refractivity contribution in [3.63, 3.8) is 0 Å². The van der Waals surface area contributed by atoms with Gasteiger partial charge in [-0.15, -0.1) is 0 Å². The maximum Gasteiger partial charge on any atom is 0.319 e. The van der Waals surface area contributed by atoms with Gasteiger partial charge in [-0.1, -0.05) is 29.8 Å². The first-order chi connectivity index (χ1) is 11.2. The van der Waals surface area contributed by atoms with Crippen molar-refractivity contribution in [2.75, 3.05) is 5.32 Å². The molecule has 2 aromatic carbocycles. The number of aryl methyl sites for hydroxylation is 2. The fraction of sp³-hybridized carbons (Fsp3) is 0.222. The van der Waals surface area contributed by atoms with Crippen molar-refractivity contribution in [3.8, 4) is 0 Å². The molecule has 3 aromatic rings. The molecule has 4 rings (SSSR count). The van der Waals surface area contributed by atoms with E-state index < -0.39 is 0 Å². The van der Waals surface area contributed by atoms with Crippen molar-refractivity contribution >= 4 is 22.6 Å². The molecule has 0 bridgehead atoms. The minimum atomic E-state index is -0.183. The highest BCUT2D eigenvalue weighted by atomic mass is 16.2. The van der Waals surface area contributed by atoms with E-state index in [4.69, 9.17) is 0 Å². The number of aromatic amines is 1. The van der Waals surface area contributed by atoms with Gasteiger partial charge in [0, 0.05) is 5.39 Å². The molecule has 2 amide bonds. The molecular formula is C18H18N4O. The van der Waals surface area contributed by atoms with Crippen LogP contribution in [0.4, 0.5) is 10.5 Å². The minimum Gasteiger partial charge on any atom is -0.331 e. The van der Waals surface area contributed by atoms with Crippen LogP contribution in [-0.2, 0) is 6.42 Å². The second kappa shape index (κ2) is 5.43. The molecule has 5 heteroatoms. The van der Waals surface area contributed by atoms with Crippen LogP contribution in [0.25, 0.3) is 10.9 Å². The molecule has 1 heterocycles. The quantitative estimate of drug-likeness (QED) is 0.676. The summed E-state index contributed by atoms with van der Waals surface area (Å²) in [5, 5.41) is 13.8. The van der Waals surface area contributed by atoms with Crippen LogP contribution >= 0.6 is 0 Å². The van der Waals surface area contributed by atoms with Crippen molar-refractivity contribution in [1.29, 1.82) is 0 Å². The molecule has 1 aliphatic rings. The van der Waals surface area contributed by atoms with E-state index in [-0.39, 0.29) is 12.1 Å². The Morgan fingerprint density at radius 3 is 3.13 bits per heavy atom. The lowest BCUT2D eigenvalue weighted by Crippen LogP contribution is -2.31. The van der Waals surface area contributed by atoms with Crippen molar-refractivity contribution < 1.29 is 4.79 Å². The molecule has 1 atom stereocenters. The van der Waals surface area contributed by atoms with Crippen molar-refractivity contribution in [3.05, 3.63) is 59.3 Å². The average molecular weight is 306 g/mol. The SMILES string of the molecule is Cc1ccc2c(c1)CCC2NC(=O)Nc1cccc2[nH]ncc12. The molecule has 3 N–H and O–H groups in total. The van der Waals surface area contributed by atoms with Gasteiger partial charge in [0.2, 0.25) is 0 Å². The first-order valence-corrected chi connectivity index (χ1v) is 7.80. The highest BCUT2D eigenvalue weighted by Crippen LogP contribution is 2.31. The Labute approximate surface area is 134 Å². The van der Waals surface area contributed by atoms with Gasteiger partial charge >= 0.3 is 6.03 Å². The summed E-state index contributed by atoms with van der Waals surface area (Å²) >= 11 is 0. The molecule has 1 aliphatic carbocycles. The molecular weight excluding hydrogens is 288 g/mol. The zero-order chi connectivity index (χ0) is 15.8. The summed E-state index contributed by atoms with van der Waals surface area (Å²) in [6.07, 6.45) is 3.68. The maximum absolute atomic E-state index is 12.4. The monoisotopic (exact) mass is 306 g/mol. The predicted octanol–water partition coefficient (Wildman–Crippen LogP) is 3.68. The number of anilines is 1. The van der Waals surface area contributed by atoms with E-state index in [0.29, 0.717) is 0 Å². The first-order valence-electron chi connectivity index (χ1n) is 7.80. The van der Waals surface area contributed by atoms with Crippen LogP contribution in [0.2, 0.25) is 0 Å². The van der Waals surface area contributed by atoms with Crippen molar-refractivity contribution in [2.24, 2.45) is 0 Å². The zero-order valence-corrected chi connectivity index (χ0v) is 12.9. The summed E-state index contributed by atoms with van der Waals surface area (Å²) in [4.78, 5) is 12.4. The molecule has 0 saturated heterocycles. The highest BCUT2D eigenvalue weighted by Gasteiger charge is 2.24. The number of amides is 2. The lowest BCUT2D eigenvalue weighted by molar-refractivity contribution is 0.248. The fourth-order valence-corrected chi connectivity index (χ4v) is 3.29. The fourth-order valence-electron chi connectivity index (χ4n) is 3.29. The van der Waals surface area contributed by atoms with Crippen LogP contribution in [0.3, 0.4) is 0 Å². The van der Waals surface area contributed by atoms with Gasteiger partial charge in [0.1, 0.15) is 0 Å². The summed E-state index contributed by atoms with van der Waals surface area (Å²) < 4.78 is 0. The Hall–Kier alpha value is -2.82. The van der Waals surface area contributed by atoms with Gasteiger partial charge in [0.15, 0.2) is 0 Å². The van der Waals surface area contributed by atoms with Crippen LogP contribution in [0.15, 0.2) is 42.6 Å². The van der Waals surface area contributed by atoms with E-state index in [1.807, 2.05) is 18.2 Å². The molecule has 0 fully saturated rings. The second-order valence-electron chi connectivity index (χ2n) is 6.03. The van der Waals surface area contributed by atoms with Gasteiger partial charge in [-0.25, -0.2) is 4.79 Å². The Balaban J connectivity index is 1.50. The molecule has 0 spiro atoms. The summed E-state index contributed by atoms with van der Waals surface area (Å²) in [6.45, 7) is 2.10. The number of nitrogens with one attached hydrogen (secondary N) is 3. The Morgan fingerprint density at radius 1 is 1.30 bits per heavy atom. The van der Waals surface area contributed by atoms with E-state index in [2.05, 4.69) is 46.0 Å². The van der Waals surface area contributed by atoms with Gasteiger partial charge < -0.3 is 10.6 Å². The van der Waals surface area contributed by atoms with Gasteiger partial charge in [-0.2, -0.15) is 5.10 Å². The summed E-state index contributed by atoms with van der Waals surface area (Å²) in [5.74, 6) is 0. The van der Waals surface area contributed by atoms with E-state index in [9.17, 15) is 4.79 Å². The molecule has 116 valence electrons. The second-order valence-corrected chi connectivity index (χ2v) is 6.03. The molecule has 0 aliphatic heterocycles. The van der Waals surface area contributed by atoms with Gasteiger partial charge in [-0.3, -0.25) is 5.10 Å². The van der Waals surface area contributed by atoms with E-state index in [1.165, 1.54) is 16.7 Å². The van der Waals surface area contributed by atoms with Gasteiger partial charge in [-0.05, 0) is 43.0 Å². The maximum atomic E-state index is 12.4. The molecule has 5 nitrogen and oxygen atoms in total. The lowest BCUT2D eigenvalue weighted by atomic mass is 10.1. The number of H-pyrrole nitrogens is 1. The number of benzene rings is 2. The van der Waals surface area contributed by atoms with E-state index in [1.54, 1.807) is 6.20 Å². The van der Waals surface area contributed by atoms with Crippen LogP contribution in [-0.4, -0.2) is 16.2 Å². The van der Waals surface area contributed by atoms with Crippen LogP contribution in [0.5, 0.6) is 0 Å². The Morgan fingerprint density at radius 2 is 2.22 bits per heavy atom. The number of carbonyl (C=O) groups excluding carboxylic acids is 1. The summed E-state index contributed by atoms with van der Waals surface area (Å²) in [6, 6.07) is 12.0. The number of rotatable bonds is 2. The van der Waals surface area contributed by atoms with Crippen molar-refractivity contribution in [1.82, 2.24) is 15.5 Å². The third kappa shape index (κ3) is 2.54. The topological polar surface area (TPSA) is 69.8 Å². The molecule has 0 saturated carbocycles.